The zero-order valence-electron chi connectivity index (χ0n) is 11.6. The number of rotatable bonds is 3. The lowest BCUT2D eigenvalue weighted by Gasteiger charge is -2.42. The quantitative estimate of drug-likeness (QED) is 0.816. The van der Waals surface area contributed by atoms with Gasteiger partial charge in [0.2, 0.25) is 0 Å². The summed E-state index contributed by atoms with van der Waals surface area (Å²) in [5.41, 5.74) is 0. The lowest BCUT2D eigenvalue weighted by Crippen LogP contribution is -2.53. The van der Waals surface area contributed by atoms with E-state index in [4.69, 9.17) is 0 Å². The van der Waals surface area contributed by atoms with Crippen LogP contribution in [0.2, 0.25) is 0 Å². The molecule has 3 atom stereocenters. The highest BCUT2D eigenvalue weighted by atomic mass is 15.3. The van der Waals surface area contributed by atoms with Gasteiger partial charge in [-0.05, 0) is 52.0 Å². The average molecular weight is 249 g/mol. The van der Waals surface area contributed by atoms with Gasteiger partial charge < -0.3 is 5.32 Å². The summed E-state index contributed by atoms with van der Waals surface area (Å²) in [4.78, 5) is 5.71. The standard InChI is InChI=1S/C15H27N3/c1-16-11-8-13-4-5-14(9-11)18(13)15-6-7-17(10-15)12-2-3-12/h11-16H,2-10H2,1H3. The monoisotopic (exact) mass is 249 g/mol. The Bertz CT molecular complexity index is 301. The maximum atomic E-state index is 3.52. The van der Waals surface area contributed by atoms with E-state index in [1.54, 1.807) is 0 Å². The topological polar surface area (TPSA) is 18.5 Å². The Kier molecular flexibility index (Phi) is 2.90. The molecule has 3 nitrogen and oxygen atoms in total. The zero-order valence-corrected chi connectivity index (χ0v) is 11.6. The molecule has 1 saturated carbocycles. The predicted octanol–water partition coefficient (Wildman–Crippen LogP) is 1.44. The van der Waals surface area contributed by atoms with Gasteiger partial charge in [-0.1, -0.05) is 0 Å². The van der Waals surface area contributed by atoms with Crippen LogP contribution in [0.5, 0.6) is 0 Å². The average Bonchev–Trinajstić information content (AvgIpc) is 3.07. The fourth-order valence-electron chi connectivity index (χ4n) is 4.83. The van der Waals surface area contributed by atoms with Gasteiger partial charge in [-0.3, -0.25) is 9.80 Å². The number of fused-ring (bicyclic) bond motifs is 2. The summed E-state index contributed by atoms with van der Waals surface area (Å²) in [6.07, 6.45) is 10.1. The number of piperidine rings is 1. The molecular weight excluding hydrogens is 222 g/mol. The van der Waals surface area contributed by atoms with Crippen LogP contribution < -0.4 is 5.32 Å². The predicted molar refractivity (Wildman–Crippen MR) is 73.7 cm³/mol. The van der Waals surface area contributed by atoms with E-state index in [0.717, 1.165) is 30.2 Å². The van der Waals surface area contributed by atoms with E-state index < -0.39 is 0 Å². The molecule has 0 spiro atoms. The number of nitrogens with one attached hydrogen (secondary N) is 1. The van der Waals surface area contributed by atoms with Gasteiger partial charge in [0.25, 0.3) is 0 Å². The fraction of sp³-hybridized carbons (Fsp3) is 1.00. The molecule has 0 aromatic rings. The van der Waals surface area contributed by atoms with E-state index in [-0.39, 0.29) is 0 Å². The molecule has 3 heterocycles. The van der Waals surface area contributed by atoms with E-state index >= 15 is 0 Å². The molecule has 4 fully saturated rings. The third-order valence-electron chi connectivity index (χ3n) is 5.88. The van der Waals surface area contributed by atoms with Crippen LogP contribution in [0.1, 0.15) is 44.9 Å². The van der Waals surface area contributed by atoms with E-state index in [0.29, 0.717) is 0 Å². The van der Waals surface area contributed by atoms with Gasteiger partial charge in [0.1, 0.15) is 0 Å². The Hall–Kier alpha value is -0.120. The third-order valence-corrected chi connectivity index (χ3v) is 5.88. The second kappa shape index (κ2) is 4.46. The SMILES string of the molecule is CNC1CC2CCC(C1)N2C1CCN(C2CC2)C1. The molecule has 3 aliphatic heterocycles. The first kappa shape index (κ1) is 11.7. The molecule has 4 rings (SSSR count). The van der Waals surface area contributed by atoms with Crippen molar-refractivity contribution in [3.8, 4) is 0 Å². The summed E-state index contributed by atoms with van der Waals surface area (Å²) in [5, 5.41) is 3.52. The van der Waals surface area contributed by atoms with Crippen molar-refractivity contribution in [2.45, 2.75) is 75.2 Å². The van der Waals surface area contributed by atoms with Crippen LogP contribution in [0.25, 0.3) is 0 Å². The van der Waals surface area contributed by atoms with Crippen molar-refractivity contribution in [1.29, 1.82) is 0 Å². The van der Waals surface area contributed by atoms with E-state index in [9.17, 15) is 0 Å². The molecule has 0 radical (unpaired) electrons. The van der Waals surface area contributed by atoms with Crippen LogP contribution in [-0.2, 0) is 0 Å². The van der Waals surface area contributed by atoms with Gasteiger partial charge in [0, 0.05) is 43.3 Å². The molecule has 102 valence electrons. The normalized spacial score (nSPS) is 45.8. The van der Waals surface area contributed by atoms with Gasteiger partial charge in [-0.2, -0.15) is 0 Å². The number of hydrogen-bond donors (Lipinski definition) is 1. The van der Waals surface area contributed by atoms with Gasteiger partial charge in [-0.25, -0.2) is 0 Å². The Morgan fingerprint density at radius 2 is 1.50 bits per heavy atom. The Balaban J connectivity index is 1.43. The summed E-state index contributed by atoms with van der Waals surface area (Å²) in [6, 6.07) is 4.44. The molecule has 0 aromatic carbocycles. The van der Waals surface area contributed by atoms with Crippen LogP contribution in [0, 0.1) is 0 Å². The first-order valence-electron chi connectivity index (χ1n) is 8.04. The van der Waals surface area contributed by atoms with Crippen LogP contribution in [0.4, 0.5) is 0 Å². The number of hydrogen-bond acceptors (Lipinski definition) is 3. The van der Waals surface area contributed by atoms with Crippen LogP contribution in [-0.4, -0.2) is 60.1 Å². The first-order chi connectivity index (χ1) is 8.85. The fourth-order valence-corrected chi connectivity index (χ4v) is 4.83. The second-order valence-electron chi connectivity index (χ2n) is 6.96. The first-order valence-corrected chi connectivity index (χ1v) is 8.04. The van der Waals surface area contributed by atoms with Crippen LogP contribution >= 0.6 is 0 Å². The highest BCUT2D eigenvalue weighted by Crippen LogP contribution is 2.40. The molecule has 2 bridgehead atoms. The maximum absolute atomic E-state index is 3.52. The van der Waals surface area contributed by atoms with Gasteiger partial charge in [-0.15, -0.1) is 0 Å². The van der Waals surface area contributed by atoms with Crippen molar-refractivity contribution in [2.75, 3.05) is 20.1 Å². The van der Waals surface area contributed by atoms with Gasteiger partial charge in [0.15, 0.2) is 0 Å². The van der Waals surface area contributed by atoms with Crippen molar-refractivity contribution >= 4 is 0 Å². The van der Waals surface area contributed by atoms with Crippen molar-refractivity contribution in [1.82, 2.24) is 15.1 Å². The number of nitrogens with zero attached hydrogens (tertiary/aromatic N) is 2. The Morgan fingerprint density at radius 3 is 2.11 bits per heavy atom. The van der Waals surface area contributed by atoms with Gasteiger partial charge in [0.05, 0.1) is 0 Å². The molecule has 4 aliphatic rings. The minimum Gasteiger partial charge on any atom is -0.317 e. The summed E-state index contributed by atoms with van der Waals surface area (Å²) in [7, 11) is 2.14. The van der Waals surface area contributed by atoms with Crippen LogP contribution in [0.15, 0.2) is 0 Å². The molecule has 1 N–H and O–H groups in total. The summed E-state index contributed by atoms with van der Waals surface area (Å²) >= 11 is 0. The molecule has 0 aromatic heterocycles. The minimum atomic E-state index is 0.791. The summed E-state index contributed by atoms with van der Waals surface area (Å²) in [6.45, 7) is 2.75. The van der Waals surface area contributed by atoms with Crippen molar-refractivity contribution in [3.05, 3.63) is 0 Å². The molecule has 1 aliphatic carbocycles. The van der Waals surface area contributed by atoms with Crippen molar-refractivity contribution in [3.63, 3.8) is 0 Å². The molecule has 3 saturated heterocycles. The lowest BCUT2D eigenvalue weighted by molar-refractivity contribution is 0.0737. The van der Waals surface area contributed by atoms with E-state index in [1.165, 1.54) is 58.0 Å². The van der Waals surface area contributed by atoms with E-state index in [1.807, 2.05) is 0 Å². The highest BCUT2D eigenvalue weighted by Gasteiger charge is 2.46. The Labute approximate surface area is 111 Å². The lowest BCUT2D eigenvalue weighted by atomic mass is 9.95. The van der Waals surface area contributed by atoms with E-state index in [2.05, 4.69) is 22.2 Å². The maximum Gasteiger partial charge on any atom is 0.0241 e. The van der Waals surface area contributed by atoms with Crippen molar-refractivity contribution < 1.29 is 0 Å². The second-order valence-corrected chi connectivity index (χ2v) is 6.96. The highest BCUT2D eigenvalue weighted by molar-refractivity contribution is 5.03. The van der Waals surface area contributed by atoms with Crippen molar-refractivity contribution in [2.24, 2.45) is 0 Å². The summed E-state index contributed by atoms with van der Waals surface area (Å²) < 4.78 is 0. The van der Waals surface area contributed by atoms with Crippen LogP contribution in [0.3, 0.4) is 0 Å². The Morgan fingerprint density at radius 1 is 0.833 bits per heavy atom. The molecule has 3 unspecified atom stereocenters. The molecule has 3 heteroatoms. The zero-order chi connectivity index (χ0) is 12.1. The third kappa shape index (κ3) is 1.91. The minimum absolute atomic E-state index is 0.791. The molecule has 18 heavy (non-hydrogen) atoms. The molecule has 0 amide bonds. The number of likely N-dealkylation sites (tertiary alicyclic amines) is 1. The van der Waals surface area contributed by atoms with Gasteiger partial charge >= 0.3 is 0 Å². The largest absolute Gasteiger partial charge is 0.317 e. The smallest absolute Gasteiger partial charge is 0.0241 e. The summed E-state index contributed by atoms with van der Waals surface area (Å²) in [5.74, 6) is 0. The molecular formula is C15H27N3.